The third kappa shape index (κ3) is 4.60. The number of nitrogens with zero attached hydrogens (tertiary/aromatic N) is 3. The van der Waals surface area contributed by atoms with Gasteiger partial charge in [-0.15, -0.1) is 0 Å². The fourth-order valence-corrected chi connectivity index (χ4v) is 4.92. The lowest BCUT2D eigenvalue weighted by Crippen LogP contribution is -2.59. The van der Waals surface area contributed by atoms with E-state index in [1.807, 2.05) is 0 Å². The molecule has 0 bridgehead atoms. The van der Waals surface area contributed by atoms with Crippen LogP contribution in [0.25, 0.3) is 0 Å². The predicted molar refractivity (Wildman–Crippen MR) is 105 cm³/mol. The summed E-state index contributed by atoms with van der Waals surface area (Å²) < 4.78 is 6.25. The van der Waals surface area contributed by atoms with Gasteiger partial charge in [0.05, 0.1) is 12.2 Å². The number of rotatable bonds is 3. The average molecular weight is 366 g/mol. The molecule has 26 heavy (non-hydrogen) atoms. The molecular formula is C21H39N3O2. The largest absolute Gasteiger partial charge is 0.371 e. The lowest BCUT2D eigenvalue weighted by molar-refractivity contribution is -0.163. The zero-order chi connectivity index (χ0) is 18.7. The van der Waals surface area contributed by atoms with E-state index in [2.05, 4.69) is 42.4 Å². The topological polar surface area (TPSA) is 36.0 Å². The Bertz CT molecular complexity index is 472. The van der Waals surface area contributed by atoms with Crippen molar-refractivity contribution >= 4 is 5.91 Å². The molecule has 1 amide bonds. The summed E-state index contributed by atoms with van der Waals surface area (Å²) in [5, 5.41) is 0. The van der Waals surface area contributed by atoms with Gasteiger partial charge < -0.3 is 19.4 Å². The first-order valence-electron chi connectivity index (χ1n) is 10.8. The maximum absolute atomic E-state index is 13.2. The van der Waals surface area contributed by atoms with Crippen molar-refractivity contribution in [1.82, 2.24) is 14.7 Å². The summed E-state index contributed by atoms with van der Waals surface area (Å²) in [6, 6.07) is 1.19. The summed E-state index contributed by atoms with van der Waals surface area (Å²) in [5.41, 5.74) is -0.0893. The van der Waals surface area contributed by atoms with Gasteiger partial charge >= 0.3 is 0 Å². The first-order chi connectivity index (χ1) is 12.4. The Kier molecular flexibility index (Phi) is 6.63. The van der Waals surface area contributed by atoms with Crippen molar-refractivity contribution in [1.29, 1.82) is 0 Å². The molecule has 5 nitrogen and oxygen atoms in total. The Hall–Kier alpha value is -0.650. The molecule has 1 atom stereocenters. The Morgan fingerprint density at radius 1 is 0.923 bits per heavy atom. The molecule has 3 saturated heterocycles. The smallest absolute Gasteiger partial charge is 0.225 e. The Balaban J connectivity index is 1.56. The SMILES string of the molecule is CC(C)N1CCCC(C(=O)N2CCOC3(CCN(C(C)C)CC3)C2)CC1. The number of amides is 1. The minimum Gasteiger partial charge on any atom is -0.371 e. The molecule has 5 heteroatoms. The molecule has 3 fully saturated rings. The van der Waals surface area contributed by atoms with Gasteiger partial charge in [-0.1, -0.05) is 0 Å². The molecule has 0 radical (unpaired) electrons. The van der Waals surface area contributed by atoms with Crippen LogP contribution in [0.2, 0.25) is 0 Å². The summed E-state index contributed by atoms with van der Waals surface area (Å²) in [6.45, 7) is 15.7. The fourth-order valence-electron chi connectivity index (χ4n) is 4.92. The Labute approximate surface area is 160 Å². The number of ether oxygens (including phenoxy) is 1. The zero-order valence-electron chi connectivity index (χ0n) is 17.4. The van der Waals surface area contributed by atoms with Gasteiger partial charge in [0, 0.05) is 44.2 Å². The highest BCUT2D eigenvalue weighted by Crippen LogP contribution is 2.32. The van der Waals surface area contributed by atoms with Crippen LogP contribution in [0, 0.1) is 5.92 Å². The van der Waals surface area contributed by atoms with Gasteiger partial charge in [-0.2, -0.15) is 0 Å². The van der Waals surface area contributed by atoms with Crippen LogP contribution < -0.4 is 0 Å². The molecule has 0 aromatic carbocycles. The van der Waals surface area contributed by atoms with E-state index in [0.717, 1.165) is 71.4 Å². The second-order valence-corrected chi connectivity index (χ2v) is 9.18. The van der Waals surface area contributed by atoms with Gasteiger partial charge in [-0.3, -0.25) is 4.79 Å². The first-order valence-corrected chi connectivity index (χ1v) is 10.8. The van der Waals surface area contributed by atoms with Crippen LogP contribution in [0.5, 0.6) is 0 Å². The molecule has 0 saturated carbocycles. The van der Waals surface area contributed by atoms with Crippen LogP contribution in [0.4, 0.5) is 0 Å². The Morgan fingerprint density at radius 3 is 2.23 bits per heavy atom. The molecular weight excluding hydrogens is 326 g/mol. The number of piperidine rings is 1. The van der Waals surface area contributed by atoms with Gasteiger partial charge in [0.15, 0.2) is 0 Å². The van der Waals surface area contributed by atoms with E-state index < -0.39 is 0 Å². The minimum absolute atomic E-state index is 0.0893. The molecule has 0 aliphatic carbocycles. The van der Waals surface area contributed by atoms with Crippen LogP contribution in [0.15, 0.2) is 0 Å². The van der Waals surface area contributed by atoms with Gasteiger partial charge in [0.25, 0.3) is 0 Å². The Morgan fingerprint density at radius 2 is 1.58 bits per heavy atom. The monoisotopic (exact) mass is 365 g/mol. The van der Waals surface area contributed by atoms with Gasteiger partial charge in [0.1, 0.15) is 0 Å². The van der Waals surface area contributed by atoms with Crippen LogP contribution in [-0.4, -0.2) is 84.2 Å². The van der Waals surface area contributed by atoms with Crippen LogP contribution >= 0.6 is 0 Å². The van der Waals surface area contributed by atoms with Crippen LogP contribution in [-0.2, 0) is 9.53 Å². The van der Waals surface area contributed by atoms with Crippen LogP contribution in [0.3, 0.4) is 0 Å². The molecule has 1 spiro atoms. The van der Waals surface area contributed by atoms with E-state index in [-0.39, 0.29) is 11.5 Å². The fraction of sp³-hybridized carbons (Fsp3) is 0.952. The highest BCUT2D eigenvalue weighted by molar-refractivity contribution is 5.79. The van der Waals surface area contributed by atoms with Gasteiger partial charge in [-0.05, 0) is 72.9 Å². The zero-order valence-corrected chi connectivity index (χ0v) is 17.4. The molecule has 1 unspecified atom stereocenters. The van der Waals surface area contributed by atoms with E-state index in [1.54, 1.807) is 0 Å². The van der Waals surface area contributed by atoms with E-state index in [1.165, 1.54) is 0 Å². The lowest BCUT2D eigenvalue weighted by atomic mass is 9.88. The minimum atomic E-state index is -0.0893. The molecule has 0 aromatic rings. The third-order valence-electron chi connectivity index (χ3n) is 6.84. The van der Waals surface area contributed by atoms with Gasteiger partial charge in [-0.25, -0.2) is 0 Å². The molecule has 3 aliphatic rings. The number of morpholine rings is 1. The maximum atomic E-state index is 13.2. The third-order valence-corrected chi connectivity index (χ3v) is 6.84. The summed E-state index contributed by atoms with van der Waals surface area (Å²) in [7, 11) is 0. The lowest BCUT2D eigenvalue weighted by Gasteiger charge is -2.48. The predicted octanol–water partition coefficient (Wildman–Crippen LogP) is 2.60. The standard InChI is InChI=1S/C21H39N3O2/c1-17(2)22-10-5-6-19(7-11-22)20(25)24-14-15-26-21(16-24)8-12-23(13-9-21)18(3)4/h17-19H,5-16H2,1-4H3. The highest BCUT2D eigenvalue weighted by Gasteiger charge is 2.42. The van der Waals surface area contributed by atoms with Crippen molar-refractivity contribution in [2.45, 2.75) is 77.5 Å². The van der Waals surface area contributed by atoms with Crippen molar-refractivity contribution in [3.05, 3.63) is 0 Å². The van der Waals surface area contributed by atoms with Crippen LogP contribution in [0.1, 0.15) is 59.8 Å². The molecule has 0 aromatic heterocycles. The molecule has 3 aliphatic heterocycles. The second kappa shape index (κ2) is 8.57. The summed E-state index contributed by atoms with van der Waals surface area (Å²) >= 11 is 0. The van der Waals surface area contributed by atoms with E-state index in [9.17, 15) is 4.79 Å². The quantitative estimate of drug-likeness (QED) is 0.770. The summed E-state index contributed by atoms with van der Waals surface area (Å²) in [6.07, 6.45) is 5.32. The maximum Gasteiger partial charge on any atom is 0.225 e. The number of likely N-dealkylation sites (tertiary alicyclic amines) is 2. The highest BCUT2D eigenvalue weighted by atomic mass is 16.5. The van der Waals surface area contributed by atoms with Gasteiger partial charge in [0.2, 0.25) is 5.91 Å². The number of carbonyl (C=O) groups excluding carboxylic acids is 1. The molecule has 150 valence electrons. The molecule has 0 N–H and O–H groups in total. The summed E-state index contributed by atoms with van der Waals surface area (Å²) in [4.78, 5) is 20.4. The van der Waals surface area contributed by atoms with E-state index in [0.29, 0.717) is 24.6 Å². The summed E-state index contributed by atoms with van der Waals surface area (Å²) in [5.74, 6) is 0.606. The first kappa shape index (κ1) is 20.1. The van der Waals surface area contributed by atoms with Crippen molar-refractivity contribution in [3.8, 4) is 0 Å². The normalized spacial score (nSPS) is 28.7. The molecule has 3 heterocycles. The van der Waals surface area contributed by atoms with Crippen molar-refractivity contribution in [2.75, 3.05) is 45.9 Å². The van der Waals surface area contributed by atoms with Crippen molar-refractivity contribution in [2.24, 2.45) is 5.92 Å². The average Bonchev–Trinajstić information content (AvgIpc) is 2.88. The van der Waals surface area contributed by atoms with Crippen molar-refractivity contribution in [3.63, 3.8) is 0 Å². The number of hydrogen-bond acceptors (Lipinski definition) is 4. The second-order valence-electron chi connectivity index (χ2n) is 9.18. The number of carbonyl (C=O) groups is 1. The molecule has 3 rings (SSSR count). The van der Waals surface area contributed by atoms with E-state index >= 15 is 0 Å². The number of hydrogen-bond donors (Lipinski definition) is 0. The van der Waals surface area contributed by atoms with Crippen molar-refractivity contribution < 1.29 is 9.53 Å². The van der Waals surface area contributed by atoms with E-state index in [4.69, 9.17) is 4.74 Å².